The van der Waals surface area contributed by atoms with E-state index in [2.05, 4.69) is 57.3 Å². The number of hydrogen-bond acceptors (Lipinski definition) is 21. The monoisotopic (exact) mass is 1050 g/mol. The summed E-state index contributed by atoms with van der Waals surface area (Å²) >= 11 is 6.12. The molecule has 7 saturated heterocycles. The van der Waals surface area contributed by atoms with Gasteiger partial charge in [0.25, 0.3) is 0 Å². The van der Waals surface area contributed by atoms with Crippen LogP contribution < -0.4 is 81.7 Å². The number of carboxylic acids is 1. The normalized spacial score (nSPS) is 23.3. The standard InChI is InChI=1S/C18H29BN4O4.C12H24B2O4.C12H17ClN4O2.C2H3N.C2H4O2.K/c1-17(2)18(3,4)27-19(26-17)14-13-15(22-5-9-24-10-6-22)21-16(20-14)23-7-11-25-12-8-23;1-9(2)10(3,4)16-13(15-9)14-17-11(5,6)12(7,8)18-14;13-10-9-11(16-1-5-18-6-2-16)15-12(14-10)17-3-7-19-8-4-17;1-2-3;1-2(3)4;/h13H,5-12H2,1-4H3;1-8H3;9H,1-8H2;1H3;1H3,(H,3,4);/q;;;;;+1/p-1. The number of rotatable bonds is 6. The van der Waals surface area contributed by atoms with E-state index in [9.17, 15) is 0 Å². The van der Waals surface area contributed by atoms with Crippen molar-refractivity contribution in [2.75, 3.05) is 125 Å². The molecule has 0 bridgehead atoms. The van der Waals surface area contributed by atoms with Gasteiger partial charge in [-0.25, -0.2) is 9.97 Å². The first-order valence-corrected chi connectivity index (χ1v) is 24.9. The van der Waals surface area contributed by atoms with Gasteiger partial charge in [-0.2, -0.15) is 15.2 Å². The molecule has 72 heavy (non-hydrogen) atoms. The quantitative estimate of drug-likeness (QED) is 0.270. The fraction of sp³-hybridized carbons (Fsp3) is 0.783. The molecule has 2 aromatic rings. The van der Waals surface area contributed by atoms with Crippen molar-refractivity contribution < 1.29 is 108 Å². The minimum absolute atomic E-state index is 0. The Labute approximate surface area is 476 Å². The largest absolute Gasteiger partial charge is 1.00 e. The number of nitriles is 1. The van der Waals surface area contributed by atoms with Crippen molar-refractivity contribution in [2.45, 2.75) is 131 Å². The smallest absolute Gasteiger partial charge is 0.550 e. The van der Waals surface area contributed by atoms with Gasteiger partial charge in [-0.3, -0.25) is 0 Å². The third-order valence-electron chi connectivity index (χ3n) is 13.9. The van der Waals surface area contributed by atoms with Crippen LogP contribution >= 0.6 is 11.6 Å². The Balaban J connectivity index is 0.000000223. The zero-order valence-electron chi connectivity index (χ0n) is 45.5. The molecular weight excluding hydrogens is 978 g/mol. The first-order chi connectivity index (χ1) is 33.2. The van der Waals surface area contributed by atoms with Crippen LogP contribution in [-0.2, 0) is 51.7 Å². The van der Waals surface area contributed by atoms with Crippen LogP contribution in [0.3, 0.4) is 0 Å². The number of morpholine rings is 4. The maximum Gasteiger partial charge on any atom is 1.00 e. The van der Waals surface area contributed by atoms with Crippen molar-refractivity contribution in [3.05, 3.63) is 17.3 Å². The average Bonchev–Trinajstić information content (AvgIpc) is 3.79. The summed E-state index contributed by atoms with van der Waals surface area (Å²) in [5.41, 5.74) is -1.47. The van der Waals surface area contributed by atoms with Gasteiger partial charge in [-0.15, -0.1) is 0 Å². The summed E-state index contributed by atoms with van der Waals surface area (Å²) in [5.74, 6) is 2.11. The van der Waals surface area contributed by atoms with Crippen LogP contribution in [-0.4, -0.2) is 186 Å². The molecule has 2 aromatic heterocycles. The Bertz CT molecular complexity index is 1930. The Morgan fingerprint density at radius 1 is 0.542 bits per heavy atom. The SMILES string of the molecule is CC#N.CC(=O)[O-].CC1(C)OB(B2OC(C)(C)C(C)(C)O2)OC1(C)C.CC1(C)OB(c2cc(N3CCOCC3)nc(N3CCOCC3)n2)OC1(C)C.Clc1cc(N2CCOCC2)nc(N2CCOCC2)n1.[K+]. The third kappa shape index (κ3) is 16.8. The number of aromatic nitrogens is 4. The zero-order chi connectivity index (χ0) is 52.4. The maximum atomic E-state index is 8.89. The molecule has 7 aliphatic heterocycles. The van der Waals surface area contributed by atoms with E-state index in [0.29, 0.717) is 56.7 Å². The third-order valence-corrected chi connectivity index (χ3v) is 14.1. The number of anilines is 4. The van der Waals surface area contributed by atoms with Gasteiger partial charge in [0.2, 0.25) is 11.9 Å². The average molecular weight is 1050 g/mol. The van der Waals surface area contributed by atoms with Crippen molar-refractivity contribution in [1.29, 1.82) is 5.26 Å². The molecule has 0 unspecified atom stereocenters. The molecule has 0 aromatic carbocycles. The molecule has 0 spiro atoms. The summed E-state index contributed by atoms with van der Waals surface area (Å²) in [7, 11) is -1.45. The fourth-order valence-electron chi connectivity index (χ4n) is 7.64. The molecule has 7 aliphatic rings. The van der Waals surface area contributed by atoms with Crippen LogP contribution in [0.4, 0.5) is 23.5 Å². The second-order valence-electron chi connectivity index (χ2n) is 20.8. The van der Waals surface area contributed by atoms with E-state index in [1.165, 1.54) is 6.92 Å². The maximum absolute atomic E-state index is 8.89. The molecule has 0 amide bonds. The first-order valence-electron chi connectivity index (χ1n) is 24.5. The molecule has 0 radical (unpaired) electrons. The number of ether oxygens (including phenoxy) is 4. The molecule has 0 aliphatic carbocycles. The van der Waals surface area contributed by atoms with Crippen molar-refractivity contribution in [3.8, 4) is 6.07 Å². The van der Waals surface area contributed by atoms with E-state index >= 15 is 0 Å². The molecular formula is C46H76B3ClKN9O12. The predicted molar refractivity (Wildman–Crippen MR) is 271 cm³/mol. The van der Waals surface area contributed by atoms with Crippen molar-refractivity contribution in [3.63, 3.8) is 0 Å². The van der Waals surface area contributed by atoms with Gasteiger partial charge in [0.15, 0.2) is 0 Å². The Hall–Kier alpha value is -1.96. The second kappa shape index (κ2) is 26.9. The van der Waals surface area contributed by atoms with Crippen molar-refractivity contribution in [2.24, 2.45) is 0 Å². The van der Waals surface area contributed by atoms with Gasteiger partial charge in [0, 0.05) is 71.3 Å². The van der Waals surface area contributed by atoms with Crippen LogP contribution in [0.15, 0.2) is 12.1 Å². The summed E-state index contributed by atoms with van der Waals surface area (Å²) in [6.45, 7) is 39.0. The molecule has 26 heteroatoms. The summed E-state index contributed by atoms with van der Waals surface area (Å²) in [6, 6.07) is 5.56. The summed E-state index contributed by atoms with van der Waals surface area (Å²) in [4.78, 5) is 36.2. The number of halogens is 1. The van der Waals surface area contributed by atoms with Gasteiger partial charge in [0.05, 0.1) is 98.1 Å². The van der Waals surface area contributed by atoms with E-state index in [0.717, 1.165) is 89.7 Å². The van der Waals surface area contributed by atoms with Gasteiger partial charge in [-0.1, -0.05) is 11.6 Å². The van der Waals surface area contributed by atoms with E-state index in [-0.39, 0.29) is 73.8 Å². The molecule has 0 atom stereocenters. The van der Waals surface area contributed by atoms with Crippen LogP contribution in [0.1, 0.15) is 96.9 Å². The number of carboxylic acid groups (broad SMARTS) is 1. The summed E-state index contributed by atoms with van der Waals surface area (Å²) < 4.78 is 58.0. The fourth-order valence-corrected chi connectivity index (χ4v) is 7.81. The van der Waals surface area contributed by atoms with Gasteiger partial charge in [-0.05, 0) is 96.1 Å². The summed E-state index contributed by atoms with van der Waals surface area (Å²) in [6.07, 6.45) is 0. The molecule has 0 saturated carbocycles. The van der Waals surface area contributed by atoms with Crippen LogP contribution in [0.5, 0.6) is 0 Å². The van der Waals surface area contributed by atoms with Crippen molar-refractivity contribution in [1.82, 2.24) is 19.9 Å². The topological polar surface area (TPSA) is 221 Å². The number of aliphatic carboxylic acids is 1. The van der Waals surface area contributed by atoms with Gasteiger partial charge >= 0.3 is 72.5 Å². The number of hydrogen-bond donors (Lipinski definition) is 0. The van der Waals surface area contributed by atoms with E-state index in [4.69, 9.17) is 83.6 Å². The molecule has 9 rings (SSSR count). The van der Waals surface area contributed by atoms with Crippen LogP contribution in [0, 0.1) is 11.3 Å². The minimum Gasteiger partial charge on any atom is -0.550 e. The van der Waals surface area contributed by atoms with E-state index in [1.807, 2.05) is 67.5 Å². The molecule has 21 nitrogen and oxygen atoms in total. The Kier molecular flexibility index (Phi) is 23.4. The molecule has 9 heterocycles. The minimum atomic E-state index is -1.08. The molecule has 394 valence electrons. The van der Waals surface area contributed by atoms with E-state index < -0.39 is 38.3 Å². The zero-order valence-corrected chi connectivity index (χ0v) is 49.4. The van der Waals surface area contributed by atoms with Crippen molar-refractivity contribution >= 4 is 67.8 Å². The second-order valence-corrected chi connectivity index (χ2v) is 21.1. The van der Waals surface area contributed by atoms with Gasteiger partial charge in [0.1, 0.15) is 16.8 Å². The predicted octanol–water partition coefficient (Wildman–Crippen LogP) is -0.209. The van der Waals surface area contributed by atoms with Gasteiger partial charge < -0.3 is 76.4 Å². The first kappa shape index (κ1) is 62.6. The number of nitrogens with zero attached hydrogens (tertiary/aromatic N) is 9. The van der Waals surface area contributed by atoms with Crippen LogP contribution in [0.25, 0.3) is 0 Å². The number of carbonyl (C=O) groups is 1. The summed E-state index contributed by atoms with van der Waals surface area (Å²) in [5, 5.41) is 16.7. The molecule has 7 fully saturated rings. The van der Waals surface area contributed by atoms with Crippen LogP contribution in [0.2, 0.25) is 5.15 Å². The Morgan fingerprint density at radius 3 is 1.12 bits per heavy atom. The van der Waals surface area contributed by atoms with E-state index in [1.54, 1.807) is 6.07 Å². The number of carbonyl (C=O) groups excluding carboxylic acids is 1. The molecule has 0 N–H and O–H groups in total. The Morgan fingerprint density at radius 2 is 0.806 bits per heavy atom.